The number of aryl methyl sites for hydroxylation is 1. The summed E-state index contributed by atoms with van der Waals surface area (Å²) in [6, 6.07) is 10.7. The van der Waals surface area contributed by atoms with E-state index in [9.17, 15) is 0 Å². The van der Waals surface area contributed by atoms with Gasteiger partial charge in [0.2, 0.25) is 0 Å². The van der Waals surface area contributed by atoms with Crippen LogP contribution in [0.3, 0.4) is 0 Å². The summed E-state index contributed by atoms with van der Waals surface area (Å²) < 4.78 is 5.53. The zero-order chi connectivity index (χ0) is 13.2. The van der Waals surface area contributed by atoms with Crippen LogP contribution in [0.25, 0.3) is 0 Å². The van der Waals surface area contributed by atoms with E-state index in [1.807, 2.05) is 18.2 Å². The van der Waals surface area contributed by atoms with Crippen molar-refractivity contribution < 1.29 is 4.42 Å². The van der Waals surface area contributed by atoms with Crippen LogP contribution in [0.2, 0.25) is 5.02 Å². The summed E-state index contributed by atoms with van der Waals surface area (Å²) in [6.07, 6.45) is 5.18. The highest BCUT2D eigenvalue weighted by Gasteiger charge is 2.24. The Morgan fingerprint density at radius 2 is 2.16 bits per heavy atom. The number of halogens is 1. The Morgan fingerprint density at radius 3 is 3.00 bits per heavy atom. The van der Waals surface area contributed by atoms with Gasteiger partial charge in [-0.25, -0.2) is 0 Å². The minimum absolute atomic E-state index is 0.236. The standard InChI is InChI=1S/C16H18ClNO/c1-11(12-5-2-3-6-14(12)17)18-15-7-4-8-16-13(15)9-10-19-16/h2-3,5-6,9-11,15,18H,4,7-8H2,1H3. The number of furan rings is 1. The van der Waals surface area contributed by atoms with Gasteiger partial charge in [0, 0.05) is 29.1 Å². The van der Waals surface area contributed by atoms with Gasteiger partial charge < -0.3 is 9.73 Å². The summed E-state index contributed by atoms with van der Waals surface area (Å²) in [6.45, 7) is 2.16. The van der Waals surface area contributed by atoms with Gasteiger partial charge in [0.15, 0.2) is 0 Å². The minimum Gasteiger partial charge on any atom is -0.469 e. The fraction of sp³-hybridized carbons (Fsp3) is 0.375. The summed E-state index contributed by atoms with van der Waals surface area (Å²) in [5, 5.41) is 4.50. The number of rotatable bonds is 3. The predicted molar refractivity (Wildman–Crippen MR) is 77.4 cm³/mol. The first kappa shape index (κ1) is 12.8. The summed E-state index contributed by atoms with van der Waals surface area (Å²) in [5.74, 6) is 1.13. The van der Waals surface area contributed by atoms with Crippen molar-refractivity contribution in [3.63, 3.8) is 0 Å². The molecule has 1 aromatic carbocycles. The van der Waals surface area contributed by atoms with Crippen molar-refractivity contribution in [2.24, 2.45) is 0 Å². The molecule has 2 nitrogen and oxygen atoms in total. The molecule has 1 aliphatic carbocycles. The van der Waals surface area contributed by atoms with Crippen LogP contribution in [-0.2, 0) is 6.42 Å². The van der Waals surface area contributed by atoms with Crippen molar-refractivity contribution >= 4 is 11.6 Å². The van der Waals surface area contributed by atoms with E-state index < -0.39 is 0 Å². The first-order valence-corrected chi connectivity index (χ1v) is 7.20. The zero-order valence-electron chi connectivity index (χ0n) is 11.0. The molecular formula is C16H18ClNO. The molecule has 2 atom stereocenters. The molecule has 3 heteroatoms. The highest BCUT2D eigenvalue weighted by Crippen LogP contribution is 2.33. The van der Waals surface area contributed by atoms with Gasteiger partial charge in [-0.15, -0.1) is 0 Å². The van der Waals surface area contributed by atoms with Crippen LogP contribution in [0.5, 0.6) is 0 Å². The Hall–Kier alpha value is -1.25. The molecule has 1 aromatic heterocycles. The molecule has 0 fully saturated rings. The smallest absolute Gasteiger partial charge is 0.108 e. The summed E-state index contributed by atoms with van der Waals surface area (Å²) in [5.41, 5.74) is 2.46. The van der Waals surface area contributed by atoms with E-state index in [1.165, 1.54) is 12.0 Å². The Kier molecular flexibility index (Phi) is 3.63. The lowest BCUT2D eigenvalue weighted by Gasteiger charge is -2.27. The van der Waals surface area contributed by atoms with Crippen LogP contribution in [0, 0.1) is 0 Å². The maximum atomic E-state index is 6.26. The molecule has 19 heavy (non-hydrogen) atoms. The monoisotopic (exact) mass is 275 g/mol. The first-order valence-electron chi connectivity index (χ1n) is 6.82. The molecule has 0 saturated carbocycles. The van der Waals surface area contributed by atoms with Crippen molar-refractivity contribution in [2.45, 2.75) is 38.3 Å². The number of hydrogen-bond acceptors (Lipinski definition) is 2. The lowest BCUT2D eigenvalue weighted by Crippen LogP contribution is -2.27. The number of benzene rings is 1. The van der Waals surface area contributed by atoms with E-state index in [-0.39, 0.29) is 6.04 Å². The third-order valence-electron chi connectivity index (χ3n) is 3.87. The van der Waals surface area contributed by atoms with Crippen LogP contribution in [0.15, 0.2) is 41.0 Å². The van der Waals surface area contributed by atoms with Crippen LogP contribution in [-0.4, -0.2) is 0 Å². The van der Waals surface area contributed by atoms with Crippen molar-refractivity contribution in [3.05, 3.63) is 58.5 Å². The van der Waals surface area contributed by atoms with Crippen molar-refractivity contribution in [1.29, 1.82) is 0 Å². The van der Waals surface area contributed by atoms with E-state index in [0.29, 0.717) is 6.04 Å². The summed E-state index contributed by atoms with van der Waals surface area (Å²) >= 11 is 6.26. The average Bonchev–Trinajstić information content (AvgIpc) is 2.88. The van der Waals surface area contributed by atoms with Crippen LogP contribution in [0.4, 0.5) is 0 Å². The Morgan fingerprint density at radius 1 is 1.32 bits per heavy atom. The molecule has 2 aromatic rings. The normalized spacial score (nSPS) is 20.0. The molecule has 0 amide bonds. The molecule has 100 valence electrons. The van der Waals surface area contributed by atoms with Gasteiger partial charge in [0.1, 0.15) is 5.76 Å². The molecule has 1 heterocycles. The third-order valence-corrected chi connectivity index (χ3v) is 4.22. The molecular weight excluding hydrogens is 258 g/mol. The molecule has 1 N–H and O–H groups in total. The number of nitrogens with one attached hydrogen (secondary N) is 1. The van der Waals surface area contributed by atoms with E-state index in [1.54, 1.807) is 6.26 Å². The lowest BCUT2D eigenvalue weighted by molar-refractivity contribution is 0.386. The van der Waals surface area contributed by atoms with E-state index in [2.05, 4.69) is 24.4 Å². The largest absolute Gasteiger partial charge is 0.469 e. The highest BCUT2D eigenvalue weighted by molar-refractivity contribution is 6.31. The van der Waals surface area contributed by atoms with Crippen LogP contribution < -0.4 is 5.32 Å². The van der Waals surface area contributed by atoms with Gasteiger partial charge in [-0.2, -0.15) is 0 Å². The fourth-order valence-electron chi connectivity index (χ4n) is 2.88. The Bertz CT molecular complexity index is 563. The van der Waals surface area contributed by atoms with Gasteiger partial charge in [-0.05, 0) is 37.5 Å². The van der Waals surface area contributed by atoms with E-state index in [4.69, 9.17) is 16.0 Å². The molecule has 0 aliphatic heterocycles. The van der Waals surface area contributed by atoms with Gasteiger partial charge in [-0.1, -0.05) is 29.8 Å². The van der Waals surface area contributed by atoms with Gasteiger partial charge in [0.05, 0.1) is 6.26 Å². The van der Waals surface area contributed by atoms with Gasteiger partial charge in [-0.3, -0.25) is 0 Å². The molecule has 0 saturated heterocycles. The highest BCUT2D eigenvalue weighted by atomic mass is 35.5. The zero-order valence-corrected chi connectivity index (χ0v) is 11.8. The second-order valence-electron chi connectivity index (χ2n) is 5.15. The average molecular weight is 276 g/mol. The van der Waals surface area contributed by atoms with Gasteiger partial charge >= 0.3 is 0 Å². The maximum Gasteiger partial charge on any atom is 0.108 e. The van der Waals surface area contributed by atoms with Crippen LogP contribution >= 0.6 is 11.6 Å². The fourth-order valence-corrected chi connectivity index (χ4v) is 3.18. The third kappa shape index (κ3) is 2.56. The number of hydrogen-bond donors (Lipinski definition) is 1. The predicted octanol–water partition coefficient (Wildman–Crippen LogP) is 4.66. The second kappa shape index (κ2) is 5.40. The SMILES string of the molecule is CC(NC1CCCc2occc21)c1ccccc1Cl. The molecule has 0 radical (unpaired) electrons. The van der Waals surface area contributed by atoms with Crippen molar-refractivity contribution in [2.75, 3.05) is 0 Å². The van der Waals surface area contributed by atoms with Crippen LogP contribution in [0.1, 0.15) is 48.7 Å². The van der Waals surface area contributed by atoms with E-state index >= 15 is 0 Å². The molecule has 2 unspecified atom stereocenters. The minimum atomic E-state index is 0.236. The number of fused-ring (bicyclic) bond motifs is 1. The second-order valence-corrected chi connectivity index (χ2v) is 5.56. The topological polar surface area (TPSA) is 25.2 Å². The van der Waals surface area contributed by atoms with Crippen molar-refractivity contribution in [3.8, 4) is 0 Å². The first-order chi connectivity index (χ1) is 9.25. The quantitative estimate of drug-likeness (QED) is 0.881. The summed E-state index contributed by atoms with van der Waals surface area (Å²) in [4.78, 5) is 0. The lowest BCUT2D eigenvalue weighted by atomic mass is 9.92. The molecule has 0 spiro atoms. The molecule has 1 aliphatic rings. The Balaban J connectivity index is 1.78. The molecule has 3 rings (SSSR count). The molecule has 0 bridgehead atoms. The van der Waals surface area contributed by atoms with Gasteiger partial charge in [0.25, 0.3) is 0 Å². The maximum absolute atomic E-state index is 6.26. The summed E-state index contributed by atoms with van der Waals surface area (Å²) in [7, 11) is 0. The van der Waals surface area contributed by atoms with E-state index in [0.717, 1.165) is 29.2 Å². The van der Waals surface area contributed by atoms with Crippen molar-refractivity contribution in [1.82, 2.24) is 5.32 Å². The Labute approximate surface area is 118 Å².